The number of thiophene rings is 1. The van der Waals surface area contributed by atoms with Crippen molar-refractivity contribution in [2.45, 2.75) is 6.92 Å². The third-order valence-corrected chi connectivity index (χ3v) is 2.88. The molecule has 0 aliphatic carbocycles. The molecule has 1 aromatic rings. The second-order valence-electron chi connectivity index (χ2n) is 3.36. The Balaban J connectivity index is 2.85. The van der Waals surface area contributed by atoms with Crippen LogP contribution in [0.5, 0.6) is 0 Å². The maximum Gasteiger partial charge on any atom is 0.323 e. The number of carbonyl (C=O) groups excluding carboxylic acids is 1. The monoisotopic (exact) mass is 257 g/mol. The lowest BCUT2D eigenvalue weighted by molar-refractivity contribution is -0.140. The fourth-order valence-electron chi connectivity index (χ4n) is 1.23. The zero-order valence-corrected chi connectivity index (χ0v) is 9.86. The Morgan fingerprint density at radius 2 is 1.71 bits per heavy atom. The molecule has 6 nitrogen and oxygen atoms in total. The van der Waals surface area contributed by atoms with E-state index in [-0.39, 0.29) is 0 Å². The van der Waals surface area contributed by atoms with Crippen LogP contribution in [0.25, 0.3) is 0 Å². The third kappa shape index (κ3) is 3.87. The van der Waals surface area contributed by atoms with Gasteiger partial charge in [0.25, 0.3) is 5.91 Å². The van der Waals surface area contributed by atoms with Crippen LogP contribution in [0.15, 0.2) is 12.1 Å². The van der Waals surface area contributed by atoms with Crippen LogP contribution in [0.4, 0.5) is 0 Å². The van der Waals surface area contributed by atoms with E-state index < -0.39 is 30.9 Å². The number of carboxylic acid groups (broad SMARTS) is 2. The molecule has 2 N–H and O–H groups in total. The maximum absolute atomic E-state index is 11.8. The Bertz CT molecular complexity index is 437. The van der Waals surface area contributed by atoms with Gasteiger partial charge in [-0.25, -0.2) is 0 Å². The summed E-state index contributed by atoms with van der Waals surface area (Å²) >= 11 is 1.20. The van der Waals surface area contributed by atoms with Crippen molar-refractivity contribution in [2.24, 2.45) is 0 Å². The standard InChI is InChI=1S/C10H11NO5S/c1-6-2-3-7(17-6)10(16)11(4-8(12)13)5-9(14)15/h2-3H,4-5H2,1H3,(H,12,13)(H,14,15). The normalized spacial score (nSPS) is 9.94. The Hall–Kier alpha value is -1.89. The Labute approximate surface area is 101 Å². The molecule has 7 heteroatoms. The van der Waals surface area contributed by atoms with Gasteiger partial charge in [0.2, 0.25) is 0 Å². The lowest BCUT2D eigenvalue weighted by atomic mass is 10.3. The summed E-state index contributed by atoms with van der Waals surface area (Å²) < 4.78 is 0. The molecule has 17 heavy (non-hydrogen) atoms. The highest BCUT2D eigenvalue weighted by Gasteiger charge is 2.21. The first-order valence-electron chi connectivity index (χ1n) is 4.69. The van der Waals surface area contributed by atoms with Crippen molar-refractivity contribution in [3.8, 4) is 0 Å². The molecule has 1 amide bonds. The molecule has 0 aromatic carbocycles. The smallest absolute Gasteiger partial charge is 0.323 e. The fourth-order valence-corrected chi connectivity index (χ4v) is 2.07. The molecule has 0 atom stereocenters. The van der Waals surface area contributed by atoms with Gasteiger partial charge in [-0.05, 0) is 19.1 Å². The van der Waals surface area contributed by atoms with Crippen LogP contribution in [0.1, 0.15) is 14.5 Å². The molecular weight excluding hydrogens is 246 g/mol. The summed E-state index contributed by atoms with van der Waals surface area (Å²) in [4.78, 5) is 35.0. The summed E-state index contributed by atoms with van der Waals surface area (Å²) in [6, 6.07) is 3.27. The average molecular weight is 257 g/mol. The fraction of sp³-hybridized carbons (Fsp3) is 0.300. The van der Waals surface area contributed by atoms with Crippen molar-refractivity contribution >= 4 is 29.2 Å². The van der Waals surface area contributed by atoms with Gasteiger partial charge in [-0.1, -0.05) is 0 Å². The molecule has 1 rings (SSSR count). The van der Waals surface area contributed by atoms with Crippen molar-refractivity contribution in [3.05, 3.63) is 21.9 Å². The molecule has 0 aliphatic rings. The van der Waals surface area contributed by atoms with Crippen LogP contribution in [0.2, 0.25) is 0 Å². The first kappa shape index (κ1) is 13.2. The van der Waals surface area contributed by atoms with Crippen molar-refractivity contribution < 1.29 is 24.6 Å². The molecule has 0 bridgehead atoms. The second kappa shape index (κ2) is 5.44. The van der Waals surface area contributed by atoms with Gasteiger partial charge in [-0.15, -0.1) is 11.3 Å². The van der Waals surface area contributed by atoms with E-state index in [1.54, 1.807) is 19.1 Å². The lowest BCUT2D eigenvalue weighted by Gasteiger charge is -2.17. The zero-order valence-electron chi connectivity index (χ0n) is 9.04. The molecule has 0 saturated carbocycles. The first-order valence-corrected chi connectivity index (χ1v) is 5.51. The van der Waals surface area contributed by atoms with Gasteiger partial charge in [-0.3, -0.25) is 14.4 Å². The van der Waals surface area contributed by atoms with E-state index in [0.29, 0.717) is 4.88 Å². The van der Waals surface area contributed by atoms with Crippen LogP contribution >= 0.6 is 11.3 Å². The number of aryl methyl sites for hydroxylation is 1. The maximum atomic E-state index is 11.8. The van der Waals surface area contributed by atoms with Crippen LogP contribution in [0, 0.1) is 6.92 Å². The summed E-state index contributed by atoms with van der Waals surface area (Å²) in [5.41, 5.74) is 0. The van der Waals surface area contributed by atoms with Crippen LogP contribution in [0.3, 0.4) is 0 Å². The summed E-state index contributed by atoms with van der Waals surface area (Å²) in [6.45, 7) is 0.560. The van der Waals surface area contributed by atoms with E-state index in [4.69, 9.17) is 10.2 Å². The summed E-state index contributed by atoms with van der Waals surface area (Å²) in [6.07, 6.45) is 0. The predicted octanol–water partition coefficient (Wildman–Crippen LogP) is 0.668. The largest absolute Gasteiger partial charge is 0.480 e. The van der Waals surface area contributed by atoms with Crippen LogP contribution in [-0.4, -0.2) is 46.0 Å². The summed E-state index contributed by atoms with van der Waals surface area (Å²) in [5, 5.41) is 17.2. The molecule has 0 radical (unpaired) electrons. The first-order chi connectivity index (χ1) is 7.90. The van der Waals surface area contributed by atoms with Gasteiger partial charge in [0.15, 0.2) is 0 Å². The summed E-state index contributed by atoms with van der Waals surface area (Å²) in [5.74, 6) is -3.06. The van der Waals surface area contributed by atoms with E-state index in [1.165, 1.54) is 11.3 Å². The van der Waals surface area contributed by atoms with Crippen molar-refractivity contribution in [3.63, 3.8) is 0 Å². The average Bonchev–Trinajstić information content (AvgIpc) is 2.61. The van der Waals surface area contributed by atoms with Crippen LogP contribution in [-0.2, 0) is 9.59 Å². The Morgan fingerprint density at radius 1 is 1.18 bits per heavy atom. The Kier molecular flexibility index (Phi) is 4.22. The van der Waals surface area contributed by atoms with E-state index in [9.17, 15) is 14.4 Å². The van der Waals surface area contributed by atoms with E-state index >= 15 is 0 Å². The summed E-state index contributed by atoms with van der Waals surface area (Å²) in [7, 11) is 0. The molecular formula is C10H11NO5S. The molecule has 0 aliphatic heterocycles. The van der Waals surface area contributed by atoms with Crippen LogP contribution < -0.4 is 0 Å². The minimum atomic E-state index is -1.24. The second-order valence-corrected chi connectivity index (χ2v) is 4.65. The van der Waals surface area contributed by atoms with E-state index in [0.717, 1.165) is 9.78 Å². The van der Waals surface area contributed by atoms with Gasteiger partial charge in [0, 0.05) is 4.88 Å². The Morgan fingerprint density at radius 3 is 2.06 bits per heavy atom. The SMILES string of the molecule is Cc1ccc(C(=O)N(CC(=O)O)CC(=O)O)s1. The minimum absolute atomic E-state index is 0.338. The third-order valence-electron chi connectivity index (χ3n) is 1.89. The topological polar surface area (TPSA) is 94.9 Å². The molecule has 1 aromatic heterocycles. The van der Waals surface area contributed by atoms with Gasteiger partial charge in [0.05, 0.1) is 4.88 Å². The highest BCUT2D eigenvalue weighted by atomic mass is 32.1. The van der Waals surface area contributed by atoms with E-state index in [2.05, 4.69) is 0 Å². The lowest BCUT2D eigenvalue weighted by Crippen LogP contribution is -2.39. The van der Waals surface area contributed by atoms with Crippen molar-refractivity contribution in [2.75, 3.05) is 13.1 Å². The van der Waals surface area contributed by atoms with Gasteiger partial charge >= 0.3 is 11.9 Å². The quantitative estimate of drug-likeness (QED) is 0.808. The number of rotatable bonds is 5. The molecule has 0 saturated heterocycles. The highest BCUT2D eigenvalue weighted by Crippen LogP contribution is 2.17. The number of nitrogens with zero attached hydrogens (tertiary/aromatic N) is 1. The predicted molar refractivity (Wildman–Crippen MR) is 60.2 cm³/mol. The van der Waals surface area contributed by atoms with Gasteiger partial charge in [0.1, 0.15) is 13.1 Å². The molecule has 92 valence electrons. The van der Waals surface area contributed by atoms with Crippen molar-refractivity contribution in [1.29, 1.82) is 0 Å². The number of aliphatic carboxylic acids is 2. The zero-order chi connectivity index (χ0) is 13.0. The molecule has 0 unspecified atom stereocenters. The number of amides is 1. The number of hydrogen-bond donors (Lipinski definition) is 2. The van der Waals surface area contributed by atoms with Gasteiger partial charge < -0.3 is 15.1 Å². The van der Waals surface area contributed by atoms with E-state index in [1.807, 2.05) is 0 Å². The molecule has 0 fully saturated rings. The minimum Gasteiger partial charge on any atom is -0.480 e. The highest BCUT2D eigenvalue weighted by molar-refractivity contribution is 7.13. The van der Waals surface area contributed by atoms with Gasteiger partial charge in [-0.2, -0.15) is 0 Å². The number of carboxylic acids is 2. The van der Waals surface area contributed by atoms with Crippen molar-refractivity contribution in [1.82, 2.24) is 4.90 Å². The number of hydrogen-bond acceptors (Lipinski definition) is 4. The molecule has 0 spiro atoms. The molecule has 1 heterocycles. The number of carbonyl (C=O) groups is 3.